The molecule has 2 aromatic rings. The van der Waals surface area contributed by atoms with E-state index in [1.165, 1.54) is 6.20 Å². The van der Waals surface area contributed by atoms with E-state index in [1.807, 2.05) is 32.0 Å². The highest BCUT2D eigenvalue weighted by atomic mass is 32.2. The minimum Gasteiger partial charge on any atom is -0.488 e. The molecule has 33 heavy (non-hydrogen) atoms. The van der Waals surface area contributed by atoms with Crippen molar-refractivity contribution in [3.8, 4) is 5.75 Å². The maximum Gasteiger partial charge on any atom is 0.257 e. The van der Waals surface area contributed by atoms with Crippen molar-refractivity contribution in [1.82, 2.24) is 19.0 Å². The summed E-state index contributed by atoms with van der Waals surface area (Å²) in [7, 11) is -1.97. The minimum absolute atomic E-state index is 0.0642. The zero-order chi connectivity index (χ0) is 23.6. The number of fused-ring (bicyclic) bond motifs is 2. The molecule has 0 spiro atoms. The predicted molar refractivity (Wildman–Crippen MR) is 126 cm³/mol. The van der Waals surface area contributed by atoms with Gasteiger partial charge >= 0.3 is 0 Å². The third-order valence-corrected chi connectivity index (χ3v) is 8.87. The maximum atomic E-state index is 13.9. The van der Waals surface area contributed by atoms with Crippen LogP contribution in [0.4, 0.5) is 0 Å². The van der Waals surface area contributed by atoms with E-state index in [-0.39, 0.29) is 22.9 Å². The van der Waals surface area contributed by atoms with E-state index in [0.717, 1.165) is 32.1 Å². The summed E-state index contributed by atoms with van der Waals surface area (Å²) >= 11 is 0. The normalized spacial score (nSPS) is 23.1. The van der Waals surface area contributed by atoms with Crippen molar-refractivity contribution >= 4 is 15.9 Å². The van der Waals surface area contributed by atoms with Crippen LogP contribution in [0.25, 0.3) is 0 Å². The smallest absolute Gasteiger partial charge is 0.257 e. The highest BCUT2D eigenvalue weighted by Gasteiger charge is 2.40. The number of carbonyl (C=O) groups excluding carboxylic acids is 1. The molecule has 1 aromatic carbocycles. The van der Waals surface area contributed by atoms with Crippen molar-refractivity contribution in [3.63, 3.8) is 0 Å². The molecule has 1 fully saturated rings. The number of rotatable bonds is 3. The van der Waals surface area contributed by atoms with Gasteiger partial charge in [0.15, 0.2) is 0 Å². The quantitative estimate of drug-likeness (QED) is 0.680. The number of ether oxygens (including phenoxy) is 1. The van der Waals surface area contributed by atoms with Gasteiger partial charge in [-0.1, -0.05) is 18.6 Å². The fraction of sp³-hybridized carbons (Fsp3) is 0.583. The van der Waals surface area contributed by atoms with Gasteiger partial charge in [0.05, 0.1) is 23.5 Å². The van der Waals surface area contributed by atoms with Crippen LogP contribution in [0.3, 0.4) is 0 Å². The molecule has 9 heteroatoms. The SMILES string of the molecule is CCn1ncc(S(=O)(=O)N2CCCCN(C)C(=O)c3ccccc3O[C@H]3CCCC[C@H]32)c1C. The molecule has 1 amide bonds. The molecular weight excluding hydrogens is 440 g/mol. The molecule has 2 atom stereocenters. The molecule has 1 saturated carbocycles. The first-order chi connectivity index (χ1) is 15.8. The molecule has 1 aliphatic carbocycles. The van der Waals surface area contributed by atoms with E-state index in [4.69, 9.17) is 4.74 Å². The van der Waals surface area contributed by atoms with Crippen molar-refractivity contribution in [1.29, 1.82) is 0 Å². The maximum absolute atomic E-state index is 13.9. The lowest BCUT2D eigenvalue weighted by Gasteiger charge is -2.39. The lowest BCUT2D eigenvalue weighted by molar-refractivity contribution is 0.0658. The van der Waals surface area contributed by atoms with Gasteiger partial charge in [0, 0.05) is 26.7 Å². The van der Waals surface area contributed by atoms with Gasteiger partial charge in [-0.2, -0.15) is 9.40 Å². The molecule has 0 unspecified atom stereocenters. The van der Waals surface area contributed by atoms with Crippen LogP contribution < -0.4 is 4.74 Å². The summed E-state index contributed by atoms with van der Waals surface area (Å²) in [5.74, 6) is 0.463. The summed E-state index contributed by atoms with van der Waals surface area (Å²) in [5.41, 5.74) is 1.19. The Balaban J connectivity index is 1.75. The van der Waals surface area contributed by atoms with Crippen molar-refractivity contribution in [2.75, 3.05) is 20.1 Å². The van der Waals surface area contributed by atoms with Gasteiger partial charge in [-0.25, -0.2) is 8.42 Å². The number of hydrogen-bond acceptors (Lipinski definition) is 5. The first kappa shape index (κ1) is 23.8. The van der Waals surface area contributed by atoms with Crippen LogP contribution in [-0.4, -0.2) is 65.6 Å². The number of aryl methyl sites for hydroxylation is 1. The molecule has 0 N–H and O–H groups in total. The number of aromatic nitrogens is 2. The Morgan fingerprint density at radius 2 is 1.82 bits per heavy atom. The van der Waals surface area contributed by atoms with E-state index in [0.29, 0.717) is 43.1 Å². The monoisotopic (exact) mass is 474 g/mol. The molecule has 0 saturated heterocycles. The number of benzene rings is 1. The second-order valence-corrected chi connectivity index (χ2v) is 10.8. The largest absolute Gasteiger partial charge is 0.488 e. The molecule has 1 aromatic heterocycles. The number of sulfonamides is 1. The first-order valence-corrected chi connectivity index (χ1v) is 13.3. The number of nitrogens with zero attached hydrogens (tertiary/aromatic N) is 4. The Hall–Kier alpha value is -2.39. The third kappa shape index (κ3) is 4.66. The fourth-order valence-electron chi connectivity index (χ4n) is 4.97. The Bertz CT molecular complexity index is 1100. The molecule has 4 rings (SSSR count). The molecule has 2 heterocycles. The van der Waals surface area contributed by atoms with Gasteiger partial charge in [-0.3, -0.25) is 9.48 Å². The topological polar surface area (TPSA) is 84.7 Å². The number of hydrogen-bond donors (Lipinski definition) is 0. The van der Waals surface area contributed by atoms with Crippen molar-refractivity contribution in [2.45, 2.75) is 76.0 Å². The summed E-state index contributed by atoms with van der Waals surface area (Å²) in [6.07, 6.45) is 5.97. The van der Waals surface area contributed by atoms with Crippen molar-refractivity contribution < 1.29 is 17.9 Å². The Kier molecular flexibility index (Phi) is 7.09. The number of para-hydroxylation sites is 1. The number of carbonyl (C=O) groups is 1. The molecular formula is C24H34N4O4S. The Labute approximate surface area is 196 Å². The van der Waals surface area contributed by atoms with E-state index >= 15 is 0 Å². The number of amides is 1. The Morgan fingerprint density at radius 3 is 2.58 bits per heavy atom. The van der Waals surface area contributed by atoms with E-state index < -0.39 is 10.0 Å². The van der Waals surface area contributed by atoms with Crippen LogP contribution in [0.5, 0.6) is 5.75 Å². The lowest BCUT2D eigenvalue weighted by atomic mass is 9.92. The van der Waals surface area contributed by atoms with Crippen LogP contribution in [0.2, 0.25) is 0 Å². The zero-order valence-corrected chi connectivity index (χ0v) is 20.6. The average Bonchev–Trinajstić information content (AvgIpc) is 3.20. The zero-order valence-electron chi connectivity index (χ0n) is 19.7. The summed E-state index contributed by atoms with van der Waals surface area (Å²) in [6.45, 7) is 5.33. The van der Waals surface area contributed by atoms with E-state index in [9.17, 15) is 13.2 Å². The van der Waals surface area contributed by atoms with E-state index in [2.05, 4.69) is 5.10 Å². The molecule has 0 radical (unpaired) electrons. The molecule has 8 nitrogen and oxygen atoms in total. The summed E-state index contributed by atoms with van der Waals surface area (Å²) < 4.78 is 37.7. The predicted octanol–water partition coefficient (Wildman–Crippen LogP) is 3.46. The Morgan fingerprint density at radius 1 is 1.09 bits per heavy atom. The van der Waals surface area contributed by atoms with Crippen LogP contribution >= 0.6 is 0 Å². The fourth-order valence-corrected chi connectivity index (χ4v) is 6.85. The summed E-state index contributed by atoms with van der Waals surface area (Å²) in [5, 5.41) is 4.29. The third-order valence-electron chi connectivity index (χ3n) is 6.85. The van der Waals surface area contributed by atoms with Crippen molar-refractivity contribution in [2.24, 2.45) is 0 Å². The minimum atomic E-state index is -3.75. The molecule has 2 aliphatic rings. The molecule has 180 valence electrons. The summed E-state index contributed by atoms with van der Waals surface area (Å²) in [6, 6.07) is 7.01. The van der Waals surface area contributed by atoms with Crippen LogP contribution in [-0.2, 0) is 16.6 Å². The molecule has 0 bridgehead atoms. The first-order valence-electron chi connectivity index (χ1n) is 11.9. The average molecular weight is 475 g/mol. The summed E-state index contributed by atoms with van der Waals surface area (Å²) in [4.78, 5) is 15.0. The standard InChI is InChI=1S/C24H34N4O4S/c1-4-27-18(2)23(17-25-27)33(30,31)28-16-10-9-15-26(3)24(29)19-11-5-7-13-21(19)32-22-14-8-6-12-20(22)28/h5,7,11,13,17,20,22H,4,6,8-10,12,14-16H2,1-3H3/t20-,22+/m1/s1. The van der Waals surface area contributed by atoms with Crippen LogP contribution in [0, 0.1) is 6.92 Å². The van der Waals surface area contributed by atoms with E-state index in [1.54, 1.807) is 27.0 Å². The van der Waals surface area contributed by atoms with Gasteiger partial charge in [0.2, 0.25) is 10.0 Å². The van der Waals surface area contributed by atoms with Gasteiger partial charge in [0.1, 0.15) is 16.7 Å². The van der Waals surface area contributed by atoms with Crippen LogP contribution in [0.15, 0.2) is 35.4 Å². The van der Waals surface area contributed by atoms with Crippen molar-refractivity contribution in [3.05, 3.63) is 41.7 Å². The van der Waals surface area contributed by atoms with Crippen LogP contribution in [0.1, 0.15) is 61.5 Å². The van der Waals surface area contributed by atoms with Gasteiger partial charge in [-0.05, 0) is 58.1 Å². The highest BCUT2D eigenvalue weighted by molar-refractivity contribution is 7.89. The van der Waals surface area contributed by atoms with Gasteiger partial charge < -0.3 is 9.64 Å². The van der Waals surface area contributed by atoms with Gasteiger partial charge in [-0.15, -0.1) is 0 Å². The lowest BCUT2D eigenvalue weighted by Crippen LogP contribution is -2.51. The second kappa shape index (κ2) is 9.85. The highest BCUT2D eigenvalue weighted by Crippen LogP contribution is 2.33. The second-order valence-electron chi connectivity index (χ2n) is 8.96. The van der Waals surface area contributed by atoms with Gasteiger partial charge in [0.25, 0.3) is 5.91 Å². The molecule has 1 aliphatic heterocycles.